The zero-order valence-corrected chi connectivity index (χ0v) is 25.6. The fourth-order valence-electron chi connectivity index (χ4n) is 5.45. The van der Waals surface area contributed by atoms with Gasteiger partial charge in [0.1, 0.15) is 0 Å². The van der Waals surface area contributed by atoms with Crippen LogP contribution < -0.4 is 0 Å². The van der Waals surface area contributed by atoms with Crippen molar-refractivity contribution in [1.82, 2.24) is 48.5 Å². The lowest BCUT2D eigenvalue weighted by Gasteiger charge is -2.34. The van der Waals surface area contributed by atoms with Crippen molar-refractivity contribution in [1.29, 1.82) is 0 Å². The summed E-state index contributed by atoms with van der Waals surface area (Å²) in [6, 6.07) is 28.1. The summed E-state index contributed by atoms with van der Waals surface area (Å²) in [5.41, 5.74) is 3.91. The average Bonchev–Trinajstić information content (AvgIpc) is 3.59. The van der Waals surface area contributed by atoms with E-state index in [1.807, 2.05) is 79.2 Å². The lowest BCUT2D eigenvalue weighted by atomic mass is 10.2. The molecule has 44 heavy (non-hydrogen) atoms. The van der Waals surface area contributed by atoms with Gasteiger partial charge >= 0.3 is 0 Å². The van der Waals surface area contributed by atoms with Crippen LogP contribution in [-0.4, -0.2) is 74.6 Å². The van der Waals surface area contributed by atoms with Crippen LogP contribution in [0, 0.1) is 9.54 Å². The maximum atomic E-state index is 5.96. The second-order valence-electron chi connectivity index (χ2n) is 10.5. The Hall–Kier alpha value is -4.62. The summed E-state index contributed by atoms with van der Waals surface area (Å²) in [5.74, 6) is 1.60. The minimum absolute atomic E-state index is 0.610. The number of rotatable bonds is 8. The molecule has 0 aliphatic carbocycles. The van der Waals surface area contributed by atoms with Crippen LogP contribution in [-0.2, 0) is 13.3 Å². The molecule has 0 unspecified atom stereocenters. The quantitative estimate of drug-likeness (QED) is 0.208. The molecule has 7 rings (SSSR count). The number of aromatic nitrogens is 8. The van der Waals surface area contributed by atoms with Crippen LogP contribution in [0.2, 0.25) is 0 Å². The Bertz CT molecular complexity index is 1810. The number of pyridine rings is 2. The van der Waals surface area contributed by atoms with Crippen molar-refractivity contribution in [2.45, 2.75) is 13.3 Å². The monoisotopic (exact) mass is 618 g/mol. The maximum absolute atomic E-state index is 5.96. The van der Waals surface area contributed by atoms with Crippen LogP contribution in [0.3, 0.4) is 0 Å². The Balaban J connectivity index is 1.09. The zero-order valence-electron chi connectivity index (χ0n) is 23.9. The number of hydrogen-bond donors (Lipinski definition) is 0. The van der Waals surface area contributed by atoms with Crippen molar-refractivity contribution >= 4 is 24.4 Å². The molecule has 1 fully saturated rings. The first-order valence-corrected chi connectivity index (χ1v) is 15.2. The third-order valence-corrected chi connectivity index (χ3v) is 8.50. The van der Waals surface area contributed by atoms with E-state index in [4.69, 9.17) is 34.6 Å². The molecule has 0 saturated carbocycles. The van der Waals surface area contributed by atoms with Crippen molar-refractivity contribution in [3.8, 4) is 34.2 Å². The molecule has 0 radical (unpaired) electrons. The molecule has 1 aliphatic rings. The number of hydrogen-bond acceptors (Lipinski definition) is 8. The van der Waals surface area contributed by atoms with Gasteiger partial charge in [-0.25, -0.2) is 9.36 Å². The maximum Gasteiger partial charge on any atom is 0.204 e. The van der Waals surface area contributed by atoms with E-state index in [1.165, 1.54) is 0 Å². The fourth-order valence-corrected chi connectivity index (χ4v) is 6.03. The lowest BCUT2D eigenvalue weighted by Crippen LogP contribution is -2.47. The van der Waals surface area contributed by atoms with Gasteiger partial charge in [0.05, 0.1) is 13.3 Å². The van der Waals surface area contributed by atoms with Crippen LogP contribution in [0.15, 0.2) is 110 Å². The summed E-state index contributed by atoms with van der Waals surface area (Å²) in [4.78, 5) is 13.1. The number of benzene rings is 2. The highest BCUT2D eigenvalue weighted by atomic mass is 32.1. The minimum atomic E-state index is 0.610. The SMILES string of the molecule is S=c1n(CN2CCN(Cn3nc(-c4ccncc4)n(-c4ccccc4)c3=S)CC2)nc(-c2ccncc2)n1-c1ccccc1. The van der Waals surface area contributed by atoms with Gasteiger partial charge in [-0.3, -0.25) is 28.9 Å². The Morgan fingerprint density at radius 3 is 1.23 bits per heavy atom. The van der Waals surface area contributed by atoms with Gasteiger partial charge in [-0.2, -0.15) is 0 Å². The fraction of sp³-hybridized carbons (Fsp3) is 0.188. The second-order valence-corrected chi connectivity index (χ2v) is 11.3. The molecule has 1 saturated heterocycles. The summed E-state index contributed by atoms with van der Waals surface area (Å²) < 4.78 is 9.23. The number of nitrogens with zero attached hydrogens (tertiary/aromatic N) is 10. The molecular weight excluding hydrogens is 589 g/mol. The van der Waals surface area contributed by atoms with Gasteiger partial charge in [-0.15, -0.1) is 10.2 Å². The molecule has 1 aliphatic heterocycles. The van der Waals surface area contributed by atoms with Crippen LogP contribution >= 0.6 is 24.4 Å². The van der Waals surface area contributed by atoms with E-state index >= 15 is 0 Å². The van der Waals surface area contributed by atoms with E-state index < -0.39 is 0 Å². The first-order chi connectivity index (χ1) is 21.7. The third-order valence-electron chi connectivity index (χ3n) is 7.72. The van der Waals surface area contributed by atoms with Gasteiger partial charge in [0.15, 0.2) is 11.6 Å². The zero-order chi connectivity index (χ0) is 29.9. The molecule has 220 valence electrons. The van der Waals surface area contributed by atoms with Gasteiger partial charge in [-0.1, -0.05) is 36.4 Å². The molecule has 0 amide bonds. The van der Waals surface area contributed by atoms with E-state index in [0.717, 1.165) is 60.3 Å². The van der Waals surface area contributed by atoms with Crippen molar-refractivity contribution in [3.05, 3.63) is 119 Å². The van der Waals surface area contributed by atoms with E-state index in [2.05, 4.69) is 44.0 Å². The molecule has 10 nitrogen and oxygen atoms in total. The first-order valence-electron chi connectivity index (χ1n) is 14.4. The number of para-hydroxylation sites is 2. The smallest absolute Gasteiger partial charge is 0.204 e. The predicted octanol–water partition coefficient (Wildman–Crippen LogP) is 5.48. The lowest BCUT2D eigenvalue weighted by molar-refractivity contribution is 0.0794. The predicted molar refractivity (Wildman–Crippen MR) is 174 cm³/mol. The molecule has 2 aromatic carbocycles. The highest BCUT2D eigenvalue weighted by Crippen LogP contribution is 2.24. The normalized spacial score (nSPS) is 14.2. The molecule has 4 aromatic heterocycles. The van der Waals surface area contributed by atoms with E-state index in [1.54, 1.807) is 24.8 Å². The second kappa shape index (κ2) is 12.5. The van der Waals surface area contributed by atoms with Crippen molar-refractivity contribution in [3.63, 3.8) is 0 Å². The standard InChI is InChI=1S/C32H30N10S2/c43-31-39(35-29(25-11-15-33-16-12-25)41(31)27-7-3-1-4-8-27)23-37-19-21-38(22-20-37)24-40-32(44)42(28-9-5-2-6-10-28)30(36-40)26-13-17-34-18-14-26/h1-18H,19-24H2. The largest absolute Gasteiger partial charge is 0.282 e. The highest BCUT2D eigenvalue weighted by molar-refractivity contribution is 7.71. The van der Waals surface area contributed by atoms with Crippen molar-refractivity contribution in [2.24, 2.45) is 0 Å². The summed E-state index contributed by atoms with van der Waals surface area (Å²) in [5, 5.41) is 9.95. The summed E-state index contributed by atoms with van der Waals surface area (Å²) in [7, 11) is 0. The molecule has 5 heterocycles. The van der Waals surface area contributed by atoms with Gasteiger partial charge in [0, 0.05) is 73.5 Å². The molecule has 12 heteroatoms. The minimum Gasteiger partial charge on any atom is -0.282 e. The van der Waals surface area contributed by atoms with Crippen LogP contribution in [0.5, 0.6) is 0 Å². The van der Waals surface area contributed by atoms with Crippen molar-refractivity contribution < 1.29 is 0 Å². The van der Waals surface area contributed by atoms with Crippen LogP contribution in [0.1, 0.15) is 0 Å². The molecule has 0 bridgehead atoms. The van der Waals surface area contributed by atoms with Crippen LogP contribution in [0.4, 0.5) is 0 Å². The first kappa shape index (κ1) is 28.2. The summed E-state index contributed by atoms with van der Waals surface area (Å²) >= 11 is 11.9. The Morgan fingerprint density at radius 2 is 0.864 bits per heavy atom. The van der Waals surface area contributed by atoms with Gasteiger partial charge in [0.2, 0.25) is 9.54 Å². The van der Waals surface area contributed by atoms with E-state index in [-0.39, 0.29) is 0 Å². The Kier molecular flexibility index (Phi) is 8.03. The third kappa shape index (κ3) is 5.67. The van der Waals surface area contributed by atoms with Gasteiger partial charge < -0.3 is 0 Å². The van der Waals surface area contributed by atoms with Crippen molar-refractivity contribution in [2.75, 3.05) is 26.2 Å². The molecule has 0 atom stereocenters. The average molecular weight is 619 g/mol. The molecule has 6 aromatic rings. The Morgan fingerprint density at radius 1 is 0.500 bits per heavy atom. The van der Waals surface area contributed by atoms with Crippen LogP contribution in [0.25, 0.3) is 34.2 Å². The molecular formula is C32H30N10S2. The van der Waals surface area contributed by atoms with E-state index in [0.29, 0.717) is 22.9 Å². The topological polar surface area (TPSA) is 77.8 Å². The van der Waals surface area contributed by atoms with Gasteiger partial charge in [0.25, 0.3) is 0 Å². The Labute approximate surface area is 265 Å². The highest BCUT2D eigenvalue weighted by Gasteiger charge is 2.22. The summed E-state index contributed by atoms with van der Waals surface area (Å²) in [6.07, 6.45) is 7.12. The molecule has 0 spiro atoms. The van der Waals surface area contributed by atoms with E-state index in [9.17, 15) is 0 Å². The molecule has 0 N–H and O–H groups in total. The van der Waals surface area contributed by atoms with Gasteiger partial charge in [-0.05, 0) is 73.0 Å². The summed E-state index contributed by atoms with van der Waals surface area (Å²) in [6.45, 7) is 4.70. The number of piperazine rings is 1.